The molecule has 0 heterocycles. The van der Waals surface area contributed by atoms with E-state index in [2.05, 4.69) is 0 Å². The van der Waals surface area contributed by atoms with Crippen LogP contribution in [0.4, 0.5) is 0 Å². The summed E-state index contributed by atoms with van der Waals surface area (Å²) < 4.78 is 5.31. The molecule has 0 saturated heterocycles. The molecule has 0 aromatic heterocycles. The summed E-state index contributed by atoms with van der Waals surface area (Å²) in [5.41, 5.74) is 0.686. The lowest BCUT2D eigenvalue weighted by atomic mass is 10.1. The molecule has 1 atom stereocenters. The van der Waals surface area contributed by atoms with Crippen molar-refractivity contribution in [3.63, 3.8) is 0 Å². The van der Waals surface area contributed by atoms with Crippen LogP contribution in [0.25, 0.3) is 0 Å². The van der Waals surface area contributed by atoms with Crippen molar-refractivity contribution in [2.75, 3.05) is 19.0 Å². The zero-order valence-electron chi connectivity index (χ0n) is 10.2. The van der Waals surface area contributed by atoms with Gasteiger partial charge in [0.15, 0.2) is 5.78 Å². The van der Waals surface area contributed by atoms with Crippen molar-refractivity contribution in [3.05, 3.63) is 29.8 Å². The van der Waals surface area contributed by atoms with Crippen molar-refractivity contribution >= 4 is 17.5 Å². The molecular weight excluding hydrogens is 236 g/mol. The fraction of sp³-hybridized carbons (Fsp3) is 0.462. The minimum atomic E-state index is 0.0818. The van der Waals surface area contributed by atoms with Gasteiger partial charge in [-0.15, -0.1) is 11.8 Å². The molecule has 1 aromatic rings. The molecule has 0 saturated carbocycles. The lowest BCUT2D eigenvalue weighted by Gasteiger charge is -2.07. The first-order valence-electron chi connectivity index (χ1n) is 5.66. The number of aliphatic hydroxyl groups is 1. The molecule has 0 fully saturated rings. The molecular formula is C13H18O3S. The molecule has 0 spiro atoms. The number of aliphatic hydroxyl groups excluding tert-OH is 1. The zero-order chi connectivity index (χ0) is 12.7. The van der Waals surface area contributed by atoms with E-state index in [1.165, 1.54) is 11.8 Å². The number of hydrogen-bond acceptors (Lipinski definition) is 4. The normalized spacial score (nSPS) is 12.2. The Morgan fingerprint density at radius 2 is 2.06 bits per heavy atom. The van der Waals surface area contributed by atoms with Crippen molar-refractivity contribution in [1.29, 1.82) is 0 Å². The van der Waals surface area contributed by atoms with E-state index in [1.54, 1.807) is 24.3 Å². The Kier molecular flexibility index (Phi) is 6.08. The second kappa shape index (κ2) is 7.35. The molecule has 1 aromatic carbocycles. The summed E-state index contributed by atoms with van der Waals surface area (Å²) in [6.45, 7) is 4.54. The van der Waals surface area contributed by atoms with E-state index in [9.17, 15) is 4.79 Å². The van der Waals surface area contributed by atoms with Gasteiger partial charge in [-0.25, -0.2) is 0 Å². The molecule has 94 valence electrons. The highest BCUT2D eigenvalue weighted by atomic mass is 32.2. The maximum absolute atomic E-state index is 11.8. The van der Waals surface area contributed by atoms with E-state index in [1.807, 2.05) is 13.8 Å². The average molecular weight is 254 g/mol. The monoisotopic (exact) mass is 254 g/mol. The molecule has 17 heavy (non-hydrogen) atoms. The van der Waals surface area contributed by atoms with Crippen LogP contribution in [-0.4, -0.2) is 35.1 Å². The Morgan fingerprint density at radius 1 is 1.41 bits per heavy atom. The van der Waals surface area contributed by atoms with Crippen LogP contribution in [0.2, 0.25) is 0 Å². The van der Waals surface area contributed by atoms with Crippen LogP contribution in [0.5, 0.6) is 5.75 Å². The number of ether oxygens (including phenoxy) is 1. The van der Waals surface area contributed by atoms with Gasteiger partial charge >= 0.3 is 0 Å². The Bertz CT molecular complexity index is 348. The molecule has 0 bridgehead atoms. The zero-order valence-corrected chi connectivity index (χ0v) is 11.0. The third kappa shape index (κ3) is 4.79. The van der Waals surface area contributed by atoms with Crippen molar-refractivity contribution in [2.24, 2.45) is 0 Å². The fourth-order valence-corrected chi connectivity index (χ4v) is 1.97. The van der Waals surface area contributed by atoms with Gasteiger partial charge in [0.1, 0.15) is 5.75 Å². The van der Waals surface area contributed by atoms with E-state index < -0.39 is 0 Å². The maximum Gasteiger partial charge on any atom is 0.172 e. The molecule has 0 amide bonds. The van der Waals surface area contributed by atoms with Crippen LogP contribution in [0.3, 0.4) is 0 Å². The lowest BCUT2D eigenvalue weighted by Crippen LogP contribution is -2.09. The van der Waals surface area contributed by atoms with Gasteiger partial charge in [0, 0.05) is 10.8 Å². The molecule has 1 N–H and O–H groups in total. The standard InChI is InChI=1S/C13H18O3S/c1-3-16-12-6-4-11(5-7-12)13(15)9-17-10(2)8-14/h4-7,10,14H,3,8-9H2,1-2H3. The summed E-state index contributed by atoms with van der Waals surface area (Å²) >= 11 is 1.46. The highest BCUT2D eigenvalue weighted by Crippen LogP contribution is 2.16. The summed E-state index contributed by atoms with van der Waals surface area (Å²) in [6.07, 6.45) is 0. The molecule has 0 aliphatic rings. The van der Waals surface area contributed by atoms with Crippen LogP contribution >= 0.6 is 11.8 Å². The number of thioether (sulfide) groups is 1. The molecule has 4 heteroatoms. The molecule has 1 rings (SSSR count). The predicted molar refractivity (Wildman–Crippen MR) is 70.9 cm³/mol. The van der Waals surface area contributed by atoms with Crippen molar-refractivity contribution < 1.29 is 14.6 Å². The number of carbonyl (C=O) groups excluding carboxylic acids is 1. The first-order chi connectivity index (χ1) is 8.17. The summed E-state index contributed by atoms with van der Waals surface area (Å²) in [7, 11) is 0. The number of hydrogen-bond donors (Lipinski definition) is 1. The van der Waals surface area contributed by atoms with Gasteiger partial charge in [0.25, 0.3) is 0 Å². The largest absolute Gasteiger partial charge is 0.494 e. The second-order valence-electron chi connectivity index (χ2n) is 3.68. The number of carbonyl (C=O) groups is 1. The number of Topliss-reactive ketones (excluding diaryl/α,β-unsaturated/α-hetero) is 1. The molecule has 0 radical (unpaired) electrons. The van der Waals surface area contributed by atoms with Crippen molar-refractivity contribution in [2.45, 2.75) is 19.1 Å². The van der Waals surface area contributed by atoms with Crippen LogP contribution in [0, 0.1) is 0 Å². The van der Waals surface area contributed by atoms with E-state index >= 15 is 0 Å². The van der Waals surface area contributed by atoms with Crippen LogP contribution in [0.1, 0.15) is 24.2 Å². The summed E-state index contributed by atoms with van der Waals surface area (Å²) in [5, 5.41) is 8.96. The Hall–Kier alpha value is -1.00. The summed E-state index contributed by atoms with van der Waals surface area (Å²) in [5.74, 6) is 1.26. The smallest absolute Gasteiger partial charge is 0.172 e. The first-order valence-corrected chi connectivity index (χ1v) is 6.70. The van der Waals surface area contributed by atoms with E-state index in [0.29, 0.717) is 17.9 Å². The quantitative estimate of drug-likeness (QED) is 0.759. The van der Waals surface area contributed by atoms with Gasteiger partial charge in [-0.2, -0.15) is 0 Å². The number of ketones is 1. The maximum atomic E-state index is 11.8. The molecule has 0 aliphatic carbocycles. The SMILES string of the molecule is CCOc1ccc(C(=O)CSC(C)CO)cc1. The van der Waals surface area contributed by atoms with Gasteiger partial charge in [0.05, 0.1) is 19.0 Å². The van der Waals surface area contributed by atoms with Crippen LogP contribution in [-0.2, 0) is 0 Å². The van der Waals surface area contributed by atoms with Crippen LogP contribution in [0.15, 0.2) is 24.3 Å². The first kappa shape index (κ1) is 14.1. The van der Waals surface area contributed by atoms with Gasteiger partial charge in [-0.3, -0.25) is 4.79 Å². The minimum absolute atomic E-state index is 0.0818. The number of rotatable bonds is 7. The topological polar surface area (TPSA) is 46.5 Å². The highest BCUT2D eigenvalue weighted by Gasteiger charge is 2.08. The van der Waals surface area contributed by atoms with Gasteiger partial charge in [0.2, 0.25) is 0 Å². The Morgan fingerprint density at radius 3 is 2.59 bits per heavy atom. The van der Waals surface area contributed by atoms with Gasteiger partial charge in [-0.05, 0) is 31.2 Å². The van der Waals surface area contributed by atoms with E-state index in [0.717, 1.165) is 5.75 Å². The molecule has 1 unspecified atom stereocenters. The van der Waals surface area contributed by atoms with Crippen molar-refractivity contribution in [1.82, 2.24) is 0 Å². The third-order valence-corrected chi connectivity index (χ3v) is 3.39. The Balaban J connectivity index is 2.51. The molecule has 3 nitrogen and oxygen atoms in total. The summed E-state index contributed by atoms with van der Waals surface area (Å²) in [4.78, 5) is 11.8. The minimum Gasteiger partial charge on any atom is -0.494 e. The van der Waals surface area contributed by atoms with Crippen molar-refractivity contribution in [3.8, 4) is 5.75 Å². The van der Waals surface area contributed by atoms with Gasteiger partial charge < -0.3 is 9.84 Å². The highest BCUT2D eigenvalue weighted by molar-refractivity contribution is 8.00. The predicted octanol–water partition coefficient (Wildman–Crippen LogP) is 2.38. The van der Waals surface area contributed by atoms with E-state index in [4.69, 9.17) is 9.84 Å². The molecule has 0 aliphatic heterocycles. The van der Waals surface area contributed by atoms with Gasteiger partial charge in [-0.1, -0.05) is 6.92 Å². The summed E-state index contributed by atoms with van der Waals surface area (Å²) in [6, 6.07) is 7.16. The number of benzene rings is 1. The lowest BCUT2D eigenvalue weighted by molar-refractivity contribution is 0.102. The van der Waals surface area contributed by atoms with Crippen LogP contribution < -0.4 is 4.74 Å². The Labute approximate surface area is 106 Å². The third-order valence-electron chi connectivity index (χ3n) is 2.24. The fourth-order valence-electron chi connectivity index (χ4n) is 1.26. The van der Waals surface area contributed by atoms with E-state index in [-0.39, 0.29) is 17.6 Å². The second-order valence-corrected chi connectivity index (χ2v) is 5.11. The average Bonchev–Trinajstić information content (AvgIpc) is 2.36.